The Bertz CT molecular complexity index is 671. The number of amides is 1. The number of ether oxygens (including phenoxy) is 1. The minimum absolute atomic E-state index is 0.178. The molecule has 0 aromatic heterocycles. The molecule has 0 bridgehead atoms. The van der Waals surface area contributed by atoms with E-state index in [0.29, 0.717) is 18.2 Å². The van der Waals surface area contributed by atoms with Crippen LogP contribution in [0.15, 0.2) is 29.2 Å². The molecule has 0 aliphatic heterocycles. The molecule has 0 saturated carbocycles. The normalized spacial score (nSPS) is 15.5. The molecule has 0 radical (unpaired) electrons. The van der Waals surface area contributed by atoms with E-state index in [0.717, 1.165) is 6.42 Å². The topological polar surface area (TPSA) is 98.5 Å². The summed E-state index contributed by atoms with van der Waals surface area (Å²) in [7, 11) is -2.05. The van der Waals surface area contributed by atoms with Gasteiger partial charge >= 0.3 is 0 Å². The van der Waals surface area contributed by atoms with E-state index in [-0.39, 0.29) is 16.6 Å². The second kappa shape index (κ2) is 8.67. The number of benzene rings is 1. The first-order valence-corrected chi connectivity index (χ1v) is 10.1. The lowest BCUT2D eigenvalue weighted by Gasteiger charge is -2.32. The van der Waals surface area contributed by atoms with E-state index in [4.69, 9.17) is 10.5 Å². The molecule has 3 N–H and O–H groups in total. The van der Waals surface area contributed by atoms with Gasteiger partial charge in [0, 0.05) is 18.0 Å². The zero-order chi connectivity index (χ0) is 19.3. The summed E-state index contributed by atoms with van der Waals surface area (Å²) in [5.74, 6) is -0.284. The highest BCUT2D eigenvalue weighted by molar-refractivity contribution is 7.91. The van der Waals surface area contributed by atoms with Gasteiger partial charge < -0.3 is 15.8 Å². The monoisotopic (exact) mass is 370 g/mol. The quantitative estimate of drug-likeness (QED) is 0.692. The van der Waals surface area contributed by atoms with Crippen molar-refractivity contribution in [2.45, 2.75) is 44.6 Å². The minimum atomic E-state index is -3.56. The standard InChI is InChI=1S/C18H30N2O4S/c1-13(2)10-18(4,12-19)20-17(21)14(3)11-25(22,23)16-8-6-15(24-5)7-9-16/h6-9,13-14H,10-12,19H2,1-5H3,(H,20,21). The molecule has 2 atom stereocenters. The van der Waals surface area contributed by atoms with Crippen molar-refractivity contribution in [2.75, 3.05) is 19.4 Å². The van der Waals surface area contributed by atoms with Gasteiger partial charge in [0.2, 0.25) is 5.91 Å². The van der Waals surface area contributed by atoms with Crippen molar-refractivity contribution in [3.8, 4) is 5.75 Å². The van der Waals surface area contributed by atoms with Gasteiger partial charge in [0.1, 0.15) is 5.75 Å². The highest BCUT2D eigenvalue weighted by Crippen LogP contribution is 2.20. The van der Waals surface area contributed by atoms with Crippen LogP contribution in [0.5, 0.6) is 5.75 Å². The molecule has 1 rings (SSSR count). The minimum Gasteiger partial charge on any atom is -0.497 e. The Morgan fingerprint density at radius 2 is 1.80 bits per heavy atom. The van der Waals surface area contributed by atoms with Crippen LogP contribution in [0.2, 0.25) is 0 Å². The zero-order valence-electron chi connectivity index (χ0n) is 15.7. The van der Waals surface area contributed by atoms with Crippen LogP contribution < -0.4 is 15.8 Å². The Morgan fingerprint density at radius 1 is 1.24 bits per heavy atom. The van der Waals surface area contributed by atoms with Crippen molar-refractivity contribution in [1.29, 1.82) is 0 Å². The molecule has 0 spiro atoms. The van der Waals surface area contributed by atoms with Crippen LogP contribution in [-0.2, 0) is 14.6 Å². The van der Waals surface area contributed by atoms with Gasteiger partial charge in [0.15, 0.2) is 9.84 Å². The highest BCUT2D eigenvalue weighted by Gasteiger charge is 2.30. The molecule has 7 heteroatoms. The summed E-state index contributed by atoms with van der Waals surface area (Å²) < 4.78 is 30.1. The fraction of sp³-hybridized carbons (Fsp3) is 0.611. The maximum Gasteiger partial charge on any atom is 0.224 e. The Labute approximate surface area is 151 Å². The van der Waals surface area contributed by atoms with Crippen molar-refractivity contribution in [3.05, 3.63) is 24.3 Å². The van der Waals surface area contributed by atoms with Gasteiger partial charge in [-0.15, -0.1) is 0 Å². The second-order valence-corrected chi connectivity index (χ2v) is 9.24. The molecule has 0 aliphatic carbocycles. The first kappa shape index (κ1) is 21.4. The molecule has 0 fully saturated rings. The van der Waals surface area contributed by atoms with Crippen LogP contribution >= 0.6 is 0 Å². The average Bonchev–Trinajstić information content (AvgIpc) is 2.53. The van der Waals surface area contributed by atoms with Crippen molar-refractivity contribution in [3.63, 3.8) is 0 Å². The fourth-order valence-corrected chi connectivity index (χ4v) is 4.34. The van der Waals surface area contributed by atoms with Gasteiger partial charge in [-0.1, -0.05) is 20.8 Å². The molecular weight excluding hydrogens is 340 g/mol. The summed E-state index contributed by atoms with van der Waals surface area (Å²) >= 11 is 0. The van der Waals surface area contributed by atoms with Crippen LogP contribution in [0.25, 0.3) is 0 Å². The predicted octanol–water partition coefficient (Wildman–Crippen LogP) is 1.98. The Morgan fingerprint density at radius 3 is 2.24 bits per heavy atom. The first-order valence-electron chi connectivity index (χ1n) is 8.42. The van der Waals surface area contributed by atoms with E-state index in [1.54, 1.807) is 19.1 Å². The molecule has 142 valence electrons. The third-order valence-corrected chi connectivity index (χ3v) is 6.00. The Kier molecular flexibility index (Phi) is 7.44. The third-order valence-electron chi connectivity index (χ3n) is 4.07. The van der Waals surface area contributed by atoms with E-state index in [1.165, 1.54) is 19.2 Å². The predicted molar refractivity (Wildman–Crippen MR) is 99.3 cm³/mol. The second-order valence-electron chi connectivity index (χ2n) is 7.21. The van der Waals surface area contributed by atoms with Crippen molar-refractivity contribution in [2.24, 2.45) is 17.6 Å². The van der Waals surface area contributed by atoms with Gasteiger partial charge in [-0.3, -0.25) is 4.79 Å². The van der Waals surface area contributed by atoms with Gasteiger partial charge in [0.25, 0.3) is 0 Å². The zero-order valence-corrected chi connectivity index (χ0v) is 16.5. The molecule has 1 aromatic carbocycles. The molecule has 1 amide bonds. The lowest BCUT2D eigenvalue weighted by molar-refractivity contribution is -0.125. The van der Waals surface area contributed by atoms with Crippen LogP contribution in [0.1, 0.15) is 34.1 Å². The van der Waals surface area contributed by atoms with Gasteiger partial charge in [-0.05, 0) is 43.5 Å². The molecule has 0 saturated heterocycles. The van der Waals surface area contributed by atoms with Crippen LogP contribution in [0.4, 0.5) is 0 Å². The first-order chi connectivity index (χ1) is 11.5. The van der Waals surface area contributed by atoms with Gasteiger partial charge in [-0.25, -0.2) is 8.42 Å². The number of carbonyl (C=O) groups excluding carboxylic acids is 1. The van der Waals surface area contributed by atoms with E-state index in [9.17, 15) is 13.2 Å². The number of nitrogens with two attached hydrogens (primary N) is 1. The summed E-state index contributed by atoms with van der Waals surface area (Å²) in [4.78, 5) is 12.6. The maximum atomic E-state index is 12.5. The van der Waals surface area contributed by atoms with E-state index in [1.807, 2.05) is 6.92 Å². The van der Waals surface area contributed by atoms with Crippen molar-refractivity contribution in [1.82, 2.24) is 5.32 Å². The molecular formula is C18H30N2O4S. The molecule has 6 nitrogen and oxygen atoms in total. The fourth-order valence-electron chi connectivity index (χ4n) is 2.79. The van der Waals surface area contributed by atoms with E-state index >= 15 is 0 Å². The Balaban J connectivity index is 2.81. The van der Waals surface area contributed by atoms with Crippen LogP contribution in [0.3, 0.4) is 0 Å². The lowest BCUT2D eigenvalue weighted by atomic mass is 9.90. The number of carbonyl (C=O) groups is 1. The van der Waals surface area contributed by atoms with E-state index in [2.05, 4.69) is 19.2 Å². The van der Waals surface area contributed by atoms with Crippen LogP contribution in [-0.4, -0.2) is 39.3 Å². The number of sulfone groups is 1. The number of nitrogens with one attached hydrogen (secondary N) is 1. The smallest absolute Gasteiger partial charge is 0.224 e. The van der Waals surface area contributed by atoms with Gasteiger partial charge in [0.05, 0.1) is 17.8 Å². The molecule has 1 aromatic rings. The van der Waals surface area contributed by atoms with E-state index < -0.39 is 21.3 Å². The largest absolute Gasteiger partial charge is 0.497 e. The maximum absolute atomic E-state index is 12.5. The SMILES string of the molecule is COc1ccc(S(=O)(=O)CC(C)C(=O)NC(C)(CN)CC(C)C)cc1. The molecule has 0 aliphatic rings. The number of hydrogen-bond acceptors (Lipinski definition) is 5. The Hall–Kier alpha value is -1.60. The van der Waals surface area contributed by atoms with Crippen molar-refractivity contribution < 1.29 is 17.9 Å². The highest BCUT2D eigenvalue weighted by atomic mass is 32.2. The number of methoxy groups -OCH3 is 1. The van der Waals surface area contributed by atoms with Gasteiger partial charge in [-0.2, -0.15) is 0 Å². The number of rotatable bonds is 9. The summed E-state index contributed by atoms with van der Waals surface area (Å²) in [5, 5.41) is 2.92. The summed E-state index contributed by atoms with van der Waals surface area (Å²) in [6.07, 6.45) is 0.729. The van der Waals surface area contributed by atoms with Crippen molar-refractivity contribution >= 4 is 15.7 Å². The summed E-state index contributed by atoms with van der Waals surface area (Å²) in [6, 6.07) is 6.15. The summed E-state index contributed by atoms with van der Waals surface area (Å²) in [5.41, 5.74) is 5.27. The number of hydrogen-bond donors (Lipinski definition) is 2. The lowest BCUT2D eigenvalue weighted by Crippen LogP contribution is -2.54. The van der Waals surface area contributed by atoms with Crippen LogP contribution in [0, 0.1) is 11.8 Å². The summed E-state index contributed by atoms with van der Waals surface area (Å²) in [6.45, 7) is 7.91. The molecule has 25 heavy (non-hydrogen) atoms. The molecule has 2 unspecified atom stereocenters. The molecule has 0 heterocycles. The third kappa shape index (κ3) is 6.32. The average molecular weight is 371 g/mol.